The number of benzene rings is 1. The predicted molar refractivity (Wildman–Crippen MR) is 77.5 cm³/mol. The molecule has 116 valence electrons. The normalized spacial score (nSPS) is 21.1. The minimum atomic E-state index is -0.686. The lowest BCUT2D eigenvalue weighted by atomic mass is 10.0. The number of halogens is 1. The van der Waals surface area contributed by atoms with Crippen LogP contribution in [0.25, 0.3) is 0 Å². The topological polar surface area (TPSA) is 49.8 Å². The van der Waals surface area contributed by atoms with Gasteiger partial charge in [0.05, 0.1) is 6.10 Å². The van der Waals surface area contributed by atoms with Gasteiger partial charge in [0.1, 0.15) is 0 Å². The van der Waals surface area contributed by atoms with Crippen molar-refractivity contribution in [2.45, 2.75) is 38.9 Å². The average Bonchev–Trinajstić information content (AvgIpc) is 2.96. The van der Waals surface area contributed by atoms with E-state index < -0.39 is 18.0 Å². The van der Waals surface area contributed by atoms with Crippen molar-refractivity contribution >= 4 is 5.91 Å². The minimum Gasteiger partial charge on any atom is -0.478 e. The summed E-state index contributed by atoms with van der Waals surface area (Å²) in [5.41, 5.74) is 0. The molecule has 0 saturated carbocycles. The molecule has 1 heterocycles. The number of nitrogens with zero attached hydrogens (tertiary/aromatic N) is 1. The molecular formula is C16H22FNO3. The zero-order valence-electron chi connectivity index (χ0n) is 12.5. The van der Waals surface area contributed by atoms with Crippen LogP contribution in [0.2, 0.25) is 0 Å². The SMILES string of the molecule is CCC(Oc1ccccc1F)C(=O)N1CCC(C(C)O)C1. The van der Waals surface area contributed by atoms with E-state index in [1.807, 2.05) is 6.92 Å². The molecule has 1 aliphatic rings. The van der Waals surface area contributed by atoms with Gasteiger partial charge in [0.25, 0.3) is 5.91 Å². The van der Waals surface area contributed by atoms with Gasteiger partial charge in [-0.25, -0.2) is 4.39 Å². The van der Waals surface area contributed by atoms with Crippen LogP contribution in [-0.4, -0.2) is 41.2 Å². The minimum absolute atomic E-state index is 0.101. The summed E-state index contributed by atoms with van der Waals surface area (Å²) in [6.45, 7) is 4.73. The monoisotopic (exact) mass is 295 g/mol. The van der Waals surface area contributed by atoms with Crippen LogP contribution in [0, 0.1) is 11.7 Å². The highest BCUT2D eigenvalue weighted by atomic mass is 19.1. The standard InChI is InChI=1S/C16H22FNO3/c1-3-14(21-15-7-5-4-6-13(15)17)16(20)18-9-8-12(10-18)11(2)19/h4-7,11-12,14,19H,3,8-10H2,1-2H3. The number of rotatable bonds is 5. The number of likely N-dealkylation sites (tertiary alicyclic amines) is 1. The number of hydrogen-bond donors (Lipinski definition) is 1. The molecule has 1 amide bonds. The van der Waals surface area contributed by atoms with Gasteiger partial charge in [0, 0.05) is 19.0 Å². The molecule has 3 unspecified atom stereocenters. The molecule has 0 spiro atoms. The lowest BCUT2D eigenvalue weighted by Gasteiger charge is -2.24. The second-order valence-electron chi connectivity index (χ2n) is 5.52. The molecule has 3 atom stereocenters. The summed E-state index contributed by atoms with van der Waals surface area (Å²) in [7, 11) is 0. The summed E-state index contributed by atoms with van der Waals surface area (Å²) in [4.78, 5) is 14.2. The Kier molecular flexibility index (Phi) is 5.17. The molecule has 2 rings (SSSR count). The van der Waals surface area contributed by atoms with E-state index >= 15 is 0 Å². The summed E-state index contributed by atoms with van der Waals surface area (Å²) < 4.78 is 19.1. The lowest BCUT2D eigenvalue weighted by molar-refractivity contribution is -0.138. The van der Waals surface area contributed by atoms with Gasteiger partial charge in [-0.05, 0) is 31.9 Å². The van der Waals surface area contributed by atoms with E-state index in [-0.39, 0.29) is 17.6 Å². The quantitative estimate of drug-likeness (QED) is 0.906. The maximum Gasteiger partial charge on any atom is 0.263 e. The van der Waals surface area contributed by atoms with Gasteiger partial charge >= 0.3 is 0 Å². The maximum atomic E-state index is 13.6. The zero-order chi connectivity index (χ0) is 15.4. The highest BCUT2D eigenvalue weighted by Crippen LogP contribution is 2.23. The van der Waals surface area contributed by atoms with Crippen molar-refractivity contribution in [3.63, 3.8) is 0 Å². The molecule has 4 nitrogen and oxygen atoms in total. The summed E-state index contributed by atoms with van der Waals surface area (Å²) in [6, 6.07) is 6.09. The Hall–Kier alpha value is -1.62. The Morgan fingerprint density at radius 3 is 2.81 bits per heavy atom. The zero-order valence-corrected chi connectivity index (χ0v) is 12.5. The number of hydrogen-bond acceptors (Lipinski definition) is 3. The van der Waals surface area contributed by atoms with E-state index in [1.165, 1.54) is 12.1 Å². The molecule has 0 radical (unpaired) electrons. The van der Waals surface area contributed by atoms with Crippen LogP contribution in [0.15, 0.2) is 24.3 Å². The number of carbonyl (C=O) groups is 1. The lowest BCUT2D eigenvalue weighted by Crippen LogP contribution is -2.41. The molecule has 0 bridgehead atoms. The third kappa shape index (κ3) is 3.73. The van der Waals surface area contributed by atoms with E-state index in [9.17, 15) is 14.3 Å². The van der Waals surface area contributed by atoms with Crippen molar-refractivity contribution in [3.05, 3.63) is 30.1 Å². The number of aliphatic hydroxyl groups excluding tert-OH is 1. The molecule has 5 heteroatoms. The second kappa shape index (κ2) is 6.89. The first kappa shape index (κ1) is 15.8. The van der Waals surface area contributed by atoms with E-state index in [0.717, 1.165) is 6.42 Å². The fraction of sp³-hybridized carbons (Fsp3) is 0.562. The number of aliphatic hydroxyl groups is 1. The van der Waals surface area contributed by atoms with Crippen LogP contribution in [0.1, 0.15) is 26.7 Å². The average molecular weight is 295 g/mol. The fourth-order valence-electron chi connectivity index (χ4n) is 2.59. The van der Waals surface area contributed by atoms with Gasteiger partial charge in [0.15, 0.2) is 17.7 Å². The van der Waals surface area contributed by atoms with Crippen molar-refractivity contribution in [3.8, 4) is 5.75 Å². The van der Waals surface area contributed by atoms with Crippen LogP contribution < -0.4 is 4.74 Å². The number of ether oxygens (including phenoxy) is 1. The summed E-state index contributed by atoms with van der Waals surface area (Å²) in [5, 5.41) is 9.60. The highest BCUT2D eigenvalue weighted by Gasteiger charge is 2.33. The Morgan fingerprint density at radius 2 is 2.24 bits per heavy atom. The maximum absolute atomic E-state index is 13.6. The van der Waals surface area contributed by atoms with Crippen molar-refractivity contribution in [2.24, 2.45) is 5.92 Å². The second-order valence-corrected chi connectivity index (χ2v) is 5.52. The van der Waals surface area contributed by atoms with Crippen LogP contribution in [0.5, 0.6) is 5.75 Å². The Balaban J connectivity index is 2.01. The molecule has 1 aliphatic heterocycles. The van der Waals surface area contributed by atoms with Gasteiger partial charge < -0.3 is 14.7 Å². The van der Waals surface area contributed by atoms with Gasteiger partial charge in [-0.2, -0.15) is 0 Å². The Labute approximate surface area is 124 Å². The molecule has 1 aromatic rings. The molecule has 0 aliphatic carbocycles. The molecule has 0 aromatic heterocycles. The van der Waals surface area contributed by atoms with Gasteiger partial charge in [-0.3, -0.25) is 4.79 Å². The van der Waals surface area contributed by atoms with E-state index in [4.69, 9.17) is 4.74 Å². The molecular weight excluding hydrogens is 273 g/mol. The molecule has 21 heavy (non-hydrogen) atoms. The number of carbonyl (C=O) groups excluding carboxylic acids is 1. The van der Waals surface area contributed by atoms with Crippen molar-refractivity contribution < 1.29 is 19.0 Å². The van der Waals surface area contributed by atoms with E-state index in [2.05, 4.69) is 0 Å². The first-order valence-corrected chi connectivity index (χ1v) is 7.41. The number of amides is 1. The molecule has 1 N–H and O–H groups in total. The van der Waals surface area contributed by atoms with Gasteiger partial charge in [-0.1, -0.05) is 19.1 Å². The van der Waals surface area contributed by atoms with Gasteiger partial charge in [-0.15, -0.1) is 0 Å². The predicted octanol–water partition coefficient (Wildman–Crippen LogP) is 2.21. The third-order valence-corrected chi connectivity index (χ3v) is 3.97. The largest absolute Gasteiger partial charge is 0.478 e. The Bertz CT molecular complexity index is 492. The third-order valence-electron chi connectivity index (χ3n) is 3.97. The summed E-state index contributed by atoms with van der Waals surface area (Å²) in [5.74, 6) is -0.389. The molecule has 1 saturated heterocycles. The van der Waals surface area contributed by atoms with Crippen LogP contribution in [0.3, 0.4) is 0 Å². The first-order valence-electron chi connectivity index (χ1n) is 7.41. The number of para-hydroxylation sites is 1. The first-order chi connectivity index (χ1) is 10.0. The highest BCUT2D eigenvalue weighted by molar-refractivity contribution is 5.81. The van der Waals surface area contributed by atoms with Crippen molar-refractivity contribution in [2.75, 3.05) is 13.1 Å². The fourth-order valence-corrected chi connectivity index (χ4v) is 2.59. The summed E-state index contributed by atoms with van der Waals surface area (Å²) in [6.07, 6.45) is 0.160. The van der Waals surface area contributed by atoms with E-state index in [1.54, 1.807) is 24.0 Å². The van der Waals surface area contributed by atoms with Crippen LogP contribution >= 0.6 is 0 Å². The van der Waals surface area contributed by atoms with Gasteiger partial charge in [0.2, 0.25) is 0 Å². The summed E-state index contributed by atoms with van der Waals surface area (Å²) >= 11 is 0. The molecule has 1 aromatic carbocycles. The van der Waals surface area contributed by atoms with E-state index in [0.29, 0.717) is 19.5 Å². The van der Waals surface area contributed by atoms with Crippen molar-refractivity contribution in [1.82, 2.24) is 4.90 Å². The van der Waals surface area contributed by atoms with Crippen molar-refractivity contribution in [1.29, 1.82) is 0 Å². The molecule has 1 fully saturated rings. The van der Waals surface area contributed by atoms with Crippen LogP contribution in [-0.2, 0) is 4.79 Å². The van der Waals surface area contributed by atoms with Crippen LogP contribution in [0.4, 0.5) is 4.39 Å². The smallest absolute Gasteiger partial charge is 0.263 e. The Morgan fingerprint density at radius 1 is 1.52 bits per heavy atom.